The van der Waals surface area contributed by atoms with E-state index in [2.05, 4.69) is 20.9 Å². The average Bonchev–Trinajstić information content (AvgIpc) is 2.96. The summed E-state index contributed by atoms with van der Waals surface area (Å²) in [6.07, 6.45) is 1.15. The monoisotopic (exact) mass is 231 g/mol. The Labute approximate surface area is 101 Å². The zero-order valence-electron chi connectivity index (χ0n) is 10.0. The van der Waals surface area contributed by atoms with Crippen LogP contribution in [0.25, 0.3) is 11.0 Å². The van der Waals surface area contributed by atoms with Crippen molar-refractivity contribution in [1.82, 2.24) is 9.55 Å². The Bertz CT molecular complexity index is 514. The Morgan fingerprint density at radius 2 is 2.35 bits per heavy atom. The molecule has 0 bridgehead atoms. The quantitative estimate of drug-likeness (QED) is 0.878. The predicted octanol–water partition coefficient (Wildman–Crippen LogP) is 2.02. The second-order valence-electron chi connectivity index (χ2n) is 4.59. The minimum Gasteiger partial charge on any atom is -0.381 e. The summed E-state index contributed by atoms with van der Waals surface area (Å²) in [6, 6.07) is 8.19. The molecule has 0 aliphatic carbocycles. The van der Waals surface area contributed by atoms with Gasteiger partial charge in [-0.1, -0.05) is 12.1 Å². The Balaban J connectivity index is 1.78. The van der Waals surface area contributed by atoms with Crippen molar-refractivity contribution in [3.8, 4) is 0 Å². The molecule has 0 radical (unpaired) electrons. The van der Waals surface area contributed by atoms with Crippen molar-refractivity contribution in [2.24, 2.45) is 13.0 Å². The van der Waals surface area contributed by atoms with Gasteiger partial charge in [-0.25, -0.2) is 4.98 Å². The van der Waals surface area contributed by atoms with E-state index in [1.807, 2.05) is 25.2 Å². The van der Waals surface area contributed by atoms with Crippen LogP contribution in [0, 0.1) is 5.92 Å². The third kappa shape index (κ3) is 2.00. The van der Waals surface area contributed by atoms with Gasteiger partial charge < -0.3 is 14.6 Å². The summed E-state index contributed by atoms with van der Waals surface area (Å²) in [4.78, 5) is 4.58. The molecule has 17 heavy (non-hydrogen) atoms. The molecular weight excluding hydrogens is 214 g/mol. The van der Waals surface area contributed by atoms with Crippen LogP contribution in [-0.4, -0.2) is 29.3 Å². The summed E-state index contributed by atoms with van der Waals surface area (Å²) in [6.45, 7) is 2.71. The van der Waals surface area contributed by atoms with Crippen molar-refractivity contribution >= 4 is 17.0 Å². The summed E-state index contributed by atoms with van der Waals surface area (Å²) in [5.41, 5.74) is 2.21. The number of nitrogens with one attached hydrogen (secondary N) is 1. The topological polar surface area (TPSA) is 39.1 Å². The highest BCUT2D eigenvalue weighted by Gasteiger charge is 2.16. The number of ether oxygens (including phenoxy) is 1. The summed E-state index contributed by atoms with van der Waals surface area (Å²) in [5, 5.41) is 3.42. The molecule has 1 aromatic heterocycles. The van der Waals surface area contributed by atoms with Crippen molar-refractivity contribution < 1.29 is 4.74 Å². The van der Waals surface area contributed by atoms with E-state index in [1.54, 1.807) is 0 Å². The molecular formula is C13H17N3O. The first kappa shape index (κ1) is 10.6. The molecule has 1 aliphatic heterocycles. The third-order valence-corrected chi connectivity index (χ3v) is 3.36. The minimum absolute atomic E-state index is 0.620. The second kappa shape index (κ2) is 4.37. The number of fused-ring (bicyclic) bond motifs is 1. The fourth-order valence-corrected chi connectivity index (χ4v) is 2.28. The molecule has 90 valence electrons. The van der Waals surface area contributed by atoms with E-state index in [9.17, 15) is 0 Å². The molecule has 4 heteroatoms. The van der Waals surface area contributed by atoms with Crippen LogP contribution < -0.4 is 5.32 Å². The summed E-state index contributed by atoms with van der Waals surface area (Å²) >= 11 is 0. The van der Waals surface area contributed by atoms with Crippen molar-refractivity contribution in [1.29, 1.82) is 0 Å². The fraction of sp³-hybridized carbons (Fsp3) is 0.462. The Kier molecular flexibility index (Phi) is 2.73. The molecule has 1 aliphatic rings. The number of rotatable bonds is 3. The van der Waals surface area contributed by atoms with Gasteiger partial charge in [0, 0.05) is 26.1 Å². The van der Waals surface area contributed by atoms with Gasteiger partial charge in [0.1, 0.15) is 0 Å². The van der Waals surface area contributed by atoms with Gasteiger partial charge in [0.15, 0.2) is 0 Å². The molecule has 0 amide bonds. The van der Waals surface area contributed by atoms with Gasteiger partial charge >= 0.3 is 0 Å². The molecule has 3 rings (SSSR count). The Morgan fingerprint density at radius 3 is 3.12 bits per heavy atom. The zero-order chi connectivity index (χ0) is 11.7. The van der Waals surface area contributed by atoms with Crippen LogP contribution in [0.2, 0.25) is 0 Å². The molecule has 1 aromatic carbocycles. The van der Waals surface area contributed by atoms with E-state index < -0.39 is 0 Å². The zero-order valence-corrected chi connectivity index (χ0v) is 10.0. The lowest BCUT2D eigenvalue weighted by Gasteiger charge is -2.09. The summed E-state index contributed by atoms with van der Waals surface area (Å²) in [7, 11) is 2.04. The normalized spacial score (nSPS) is 19.9. The highest BCUT2D eigenvalue weighted by Crippen LogP contribution is 2.19. The molecule has 1 saturated heterocycles. The first-order valence-electron chi connectivity index (χ1n) is 6.07. The fourth-order valence-electron chi connectivity index (χ4n) is 2.28. The molecule has 4 nitrogen and oxygen atoms in total. The van der Waals surface area contributed by atoms with E-state index >= 15 is 0 Å². The number of para-hydroxylation sites is 2. The van der Waals surface area contributed by atoms with Gasteiger partial charge in [0.05, 0.1) is 17.6 Å². The predicted molar refractivity (Wildman–Crippen MR) is 68.1 cm³/mol. The number of hydrogen-bond donors (Lipinski definition) is 1. The van der Waals surface area contributed by atoms with E-state index in [4.69, 9.17) is 4.74 Å². The lowest BCUT2D eigenvalue weighted by molar-refractivity contribution is 0.187. The van der Waals surface area contributed by atoms with Crippen LogP contribution >= 0.6 is 0 Å². The third-order valence-electron chi connectivity index (χ3n) is 3.36. The molecule has 1 unspecified atom stereocenters. The second-order valence-corrected chi connectivity index (χ2v) is 4.59. The molecule has 2 heterocycles. The Hall–Kier alpha value is -1.55. The molecule has 1 atom stereocenters. The first-order valence-corrected chi connectivity index (χ1v) is 6.07. The number of aryl methyl sites for hydroxylation is 1. The Morgan fingerprint density at radius 1 is 1.47 bits per heavy atom. The largest absolute Gasteiger partial charge is 0.381 e. The van der Waals surface area contributed by atoms with Crippen molar-refractivity contribution in [2.75, 3.05) is 25.1 Å². The van der Waals surface area contributed by atoms with Gasteiger partial charge in [-0.2, -0.15) is 0 Å². The van der Waals surface area contributed by atoms with E-state index in [-0.39, 0.29) is 0 Å². The standard InChI is InChI=1S/C13H17N3O/c1-16-12-5-3-2-4-11(12)15-13(16)14-8-10-6-7-17-9-10/h2-5,10H,6-9H2,1H3,(H,14,15). The maximum absolute atomic E-state index is 5.37. The number of benzene rings is 1. The number of hydrogen-bond acceptors (Lipinski definition) is 3. The van der Waals surface area contributed by atoms with E-state index in [1.165, 1.54) is 0 Å². The molecule has 1 N–H and O–H groups in total. The number of nitrogens with zero attached hydrogens (tertiary/aromatic N) is 2. The summed E-state index contributed by atoms with van der Waals surface area (Å²) in [5.74, 6) is 1.56. The van der Waals surface area contributed by atoms with Gasteiger partial charge in [-0.05, 0) is 18.6 Å². The number of anilines is 1. The van der Waals surface area contributed by atoms with E-state index in [0.717, 1.165) is 43.2 Å². The molecule has 0 saturated carbocycles. The van der Waals surface area contributed by atoms with Gasteiger partial charge in [-0.3, -0.25) is 0 Å². The van der Waals surface area contributed by atoms with Gasteiger partial charge in [-0.15, -0.1) is 0 Å². The first-order chi connectivity index (χ1) is 8.34. The minimum atomic E-state index is 0.620. The highest BCUT2D eigenvalue weighted by molar-refractivity contribution is 5.78. The summed E-state index contributed by atoms with van der Waals surface area (Å²) < 4.78 is 7.47. The lowest BCUT2D eigenvalue weighted by Crippen LogP contribution is -2.16. The van der Waals surface area contributed by atoms with Gasteiger partial charge in [0.2, 0.25) is 5.95 Å². The smallest absolute Gasteiger partial charge is 0.203 e. The van der Waals surface area contributed by atoms with Crippen LogP contribution in [0.3, 0.4) is 0 Å². The highest BCUT2D eigenvalue weighted by atomic mass is 16.5. The van der Waals surface area contributed by atoms with E-state index in [0.29, 0.717) is 5.92 Å². The molecule has 1 fully saturated rings. The van der Waals surface area contributed by atoms with Crippen LogP contribution in [0.1, 0.15) is 6.42 Å². The maximum atomic E-state index is 5.37. The SMILES string of the molecule is Cn1c(NCC2CCOC2)nc2ccccc21. The molecule has 2 aromatic rings. The van der Waals surface area contributed by atoms with Crippen LogP contribution in [0.4, 0.5) is 5.95 Å². The van der Waals surface area contributed by atoms with Crippen molar-refractivity contribution in [3.05, 3.63) is 24.3 Å². The van der Waals surface area contributed by atoms with Crippen LogP contribution in [-0.2, 0) is 11.8 Å². The molecule has 0 spiro atoms. The van der Waals surface area contributed by atoms with Crippen molar-refractivity contribution in [2.45, 2.75) is 6.42 Å². The van der Waals surface area contributed by atoms with Crippen molar-refractivity contribution in [3.63, 3.8) is 0 Å². The number of aromatic nitrogens is 2. The average molecular weight is 231 g/mol. The van der Waals surface area contributed by atoms with Crippen LogP contribution in [0.15, 0.2) is 24.3 Å². The lowest BCUT2D eigenvalue weighted by atomic mass is 10.1. The van der Waals surface area contributed by atoms with Crippen LogP contribution in [0.5, 0.6) is 0 Å². The van der Waals surface area contributed by atoms with Gasteiger partial charge in [0.25, 0.3) is 0 Å². The number of imidazole rings is 1. The maximum Gasteiger partial charge on any atom is 0.203 e.